The van der Waals surface area contributed by atoms with Crippen molar-refractivity contribution in [1.82, 2.24) is 0 Å². The third-order valence-electron chi connectivity index (χ3n) is 10.5. The van der Waals surface area contributed by atoms with Crippen molar-refractivity contribution in [1.29, 1.82) is 0 Å². The molecule has 3 saturated carbocycles. The van der Waals surface area contributed by atoms with Crippen LogP contribution in [0.15, 0.2) is 43.0 Å². The van der Waals surface area contributed by atoms with Gasteiger partial charge in [-0.3, -0.25) is 4.79 Å². The van der Waals surface area contributed by atoms with Gasteiger partial charge in [-0.15, -0.1) is 6.58 Å². The Bertz CT molecular complexity index is 1240. The number of aliphatic hydroxyl groups is 1. The summed E-state index contributed by atoms with van der Waals surface area (Å²) in [6.45, 7) is 11.3. The van der Waals surface area contributed by atoms with Crippen molar-refractivity contribution in [2.24, 2.45) is 34.0 Å². The molecule has 6 nitrogen and oxygen atoms in total. The summed E-state index contributed by atoms with van der Waals surface area (Å²) in [5.41, 5.74) is -2.61. The van der Waals surface area contributed by atoms with Gasteiger partial charge < -0.3 is 14.6 Å². The number of halogens is 3. The van der Waals surface area contributed by atoms with E-state index in [1.54, 1.807) is 6.08 Å². The van der Waals surface area contributed by atoms with Crippen LogP contribution in [0.3, 0.4) is 0 Å². The standard InChI is InChI=1S/C32H39F3O6/c1-6-29(4)17-24(30(5)19(2)12-14-31(20(3)28(29)39)15-13-23(36)27(30)31)41-26(38)18-40-25(37)11-10-21-8-7-9-22(16-21)32(33,34)35/h6-11,16,19-20,24,27-28,39H,1,12-15,17-18H2,2-5H3/b11-10+/t19-,20+,24-,27+,28+,29-,30+,31+/m1/s1. The van der Waals surface area contributed by atoms with E-state index in [0.717, 1.165) is 31.1 Å². The molecule has 2 bridgehead atoms. The Morgan fingerprint density at radius 3 is 2.56 bits per heavy atom. The number of hydrogen-bond donors (Lipinski definition) is 1. The zero-order valence-corrected chi connectivity index (χ0v) is 24.0. The summed E-state index contributed by atoms with van der Waals surface area (Å²) in [5, 5.41) is 11.6. The number of Topliss-reactive ketones (excluding diaryl/α,β-unsaturated/α-hetero) is 1. The average molecular weight is 577 g/mol. The number of ether oxygens (including phenoxy) is 2. The van der Waals surface area contributed by atoms with Crippen LogP contribution in [0.2, 0.25) is 0 Å². The molecule has 0 aliphatic heterocycles. The molecule has 3 fully saturated rings. The van der Waals surface area contributed by atoms with Gasteiger partial charge in [-0.1, -0.05) is 45.9 Å². The first-order chi connectivity index (χ1) is 19.1. The number of carbonyl (C=O) groups is 3. The van der Waals surface area contributed by atoms with Crippen LogP contribution < -0.4 is 0 Å². The minimum atomic E-state index is -4.52. The second-order valence-electron chi connectivity index (χ2n) is 12.6. The Labute approximate surface area is 239 Å². The highest BCUT2D eigenvalue weighted by Gasteiger charge is 2.68. The smallest absolute Gasteiger partial charge is 0.416 e. The molecular formula is C32H39F3O6. The third-order valence-corrected chi connectivity index (χ3v) is 10.5. The van der Waals surface area contributed by atoms with Gasteiger partial charge in [0.2, 0.25) is 0 Å². The van der Waals surface area contributed by atoms with E-state index in [4.69, 9.17) is 9.47 Å². The zero-order chi connectivity index (χ0) is 30.4. The van der Waals surface area contributed by atoms with E-state index in [1.807, 2.05) is 20.8 Å². The summed E-state index contributed by atoms with van der Waals surface area (Å²) < 4.78 is 49.9. The van der Waals surface area contributed by atoms with E-state index in [2.05, 4.69) is 13.5 Å². The van der Waals surface area contributed by atoms with Crippen molar-refractivity contribution in [3.05, 3.63) is 54.1 Å². The molecule has 9 heteroatoms. The van der Waals surface area contributed by atoms with Gasteiger partial charge in [-0.2, -0.15) is 13.2 Å². The van der Waals surface area contributed by atoms with Crippen LogP contribution in [-0.2, 0) is 30.0 Å². The summed E-state index contributed by atoms with van der Waals surface area (Å²) in [7, 11) is 0. The Morgan fingerprint density at radius 1 is 1.20 bits per heavy atom. The molecule has 0 amide bonds. The largest absolute Gasteiger partial charge is 0.459 e. The fraction of sp³-hybridized carbons (Fsp3) is 0.594. The van der Waals surface area contributed by atoms with Gasteiger partial charge in [-0.05, 0) is 66.7 Å². The van der Waals surface area contributed by atoms with Gasteiger partial charge in [0.15, 0.2) is 6.61 Å². The van der Waals surface area contributed by atoms with Gasteiger partial charge in [0.25, 0.3) is 0 Å². The minimum absolute atomic E-state index is 0.0509. The van der Waals surface area contributed by atoms with Crippen LogP contribution in [0.25, 0.3) is 6.08 Å². The highest BCUT2D eigenvalue weighted by Crippen LogP contribution is 2.68. The fourth-order valence-electron chi connectivity index (χ4n) is 7.86. The van der Waals surface area contributed by atoms with Crippen LogP contribution in [0, 0.1) is 34.0 Å². The molecule has 8 atom stereocenters. The van der Waals surface area contributed by atoms with Gasteiger partial charge >= 0.3 is 18.1 Å². The van der Waals surface area contributed by atoms with Crippen LogP contribution in [0.5, 0.6) is 0 Å². The second-order valence-corrected chi connectivity index (χ2v) is 12.6. The topological polar surface area (TPSA) is 89.9 Å². The van der Waals surface area contributed by atoms with Crippen molar-refractivity contribution in [2.45, 2.75) is 78.2 Å². The Kier molecular flexibility index (Phi) is 8.35. The molecule has 3 aliphatic rings. The fourth-order valence-corrected chi connectivity index (χ4v) is 7.86. The molecule has 1 aromatic carbocycles. The zero-order valence-electron chi connectivity index (χ0n) is 24.0. The first kappa shape index (κ1) is 31.0. The molecule has 0 saturated heterocycles. The highest BCUT2D eigenvalue weighted by molar-refractivity contribution is 5.88. The molecular weight excluding hydrogens is 537 g/mol. The van der Waals surface area contributed by atoms with Crippen LogP contribution in [0.4, 0.5) is 13.2 Å². The molecule has 0 unspecified atom stereocenters. The number of aliphatic hydroxyl groups excluding tert-OH is 1. The summed E-state index contributed by atoms with van der Waals surface area (Å²) >= 11 is 0. The molecule has 1 aromatic rings. The van der Waals surface area contributed by atoms with Crippen LogP contribution in [0.1, 0.15) is 70.9 Å². The van der Waals surface area contributed by atoms with E-state index >= 15 is 0 Å². The molecule has 0 aromatic heterocycles. The van der Waals surface area contributed by atoms with Gasteiger partial charge in [0.05, 0.1) is 11.7 Å². The summed E-state index contributed by atoms with van der Waals surface area (Å²) in [5.74, 6) is -2.08. The maximum Gasteiger partial charge on any atom is 0.416 e. The highest BCUT2D eigenvalue weighted by atomic mass is 19.4. The van der Waals surface area contributed by atoms with E-state index in [1.165, 1.54) is 18.2 Å². The molecule has 1 N–H and O–H groups in total. The van der Waals surface area contributed by atoms with Crippen molar-refractivity contribution >= 4 is 23.8 Å². The lowest BCUT2D eigenvalue weighted by atomic mass is 9.44. The minimum Gasteiger partial charge on any atom is -0.459 e. The SMILES string of the molecule is C=C[C@]1(C)C[C@@H](OC(=O)COC(=O)/C=C/c2cccc(C(F)(F)F)c2)[C@]2(C)[C@H](C)CC[C@]3(CCC(=O)[C@H]32)[C@@H](C)[C@@H]1O. The predicted molar refractivity (Wildman–Crippen MR) is 146 cm³/mol. The van der Waals surface area contributed by atoms with Crippen LogP contribution >= 0.6 is 0 Å². The molecule has 4 rings (SSSR count). The number of carbonyl (C=O) groups excluding carboxylic acids is 3. The number of rotatable bonds is 6. The number of ketones is 1. The normalized spacial score (nSPS) is 37.2. The molecule has 0 radical (unpaired) electrons. The lowest BCUT2D eigenvalue weighted by molar-refractivity contribution is -0.208. The van der Waals surface area contributed by atoms with E-state index < -0.39 is 58.7 Å². The van der Waals surface area contributed by atoms with E-state index in [-0.39, 0.29) is 35.5 Å². The predicted octanol–water partition coefficient (Wildman–Crippen LogP) is 6.17. The molecule has 224 valence electrons. The lowest BCUT2D eigenvalue weighted by Crippen LogP contribution is -2.63. The Balaban J connectivity index is 1.53. The Hall–Kier alpha value is -2.94. The molecule has 3 aliphatic carbocycles. The van der Waals surface area contributed by atoms with Gasteiger partial charge in [-0.25, -0.2) is 9.59 Å². The number of esters is 2. The van der Waals surface area contributed by atoms with Crippen molar-refractivity contribution < 1.29 is 42.1 Å². The average Bonchev–Trinajstić information content (AvgIpc) is 3.28. The van der Waals surface area contributed by atoms with E-state index in [0.29, 0.717) is 12.8 Å². The van der Waals surface area contributed by atoms with Crippen molar-refractivity contribution in [2.75, 3.05) is 6.61 Å². The number of benzene rings is 1. The number of alkyl halides is 3. The molecule has 0 spiro atoms. The van der Waals surface area contributed by atoms with Crippen LogP contribution in [-0.4, -0.2) is 41.6 Å². The van der Waals surface area contributed by atoms with Crippen molar-refractivity contribution in [3.8, 4) is 0 Å². The quantitative estimate of drug-likeness (QED) is 0.248. The number of hydrogen-bond acceptors (Lipinski definition) is 6. The molecule has 41 heavy (non-hydrogen) atoms. The first-order valence-electron chi connectivity index (χ1n) is 14.1. The summed E-state index contributed by atoms with van der Waals surface area (Å²) in [4.78, 5) is 38.8. The van der Waals surface area contributed by atoms with Crippen molar-refractivity contribution in [3.63, 3.8) is 0 Å². The maximum absolute atomic E-state index is 13.4. The second kappa shape index (κ2) is 11.0. The van der Waals surface area contributed by atoms with E-state index in [9.17, 15) is 32.7 Å². The lowest BCUT2D eigenvalue weighted by Gasteiger charge is -2.61. The maximum atomic E-state index is 13.4. The van der Waals surface area contributed by atoms with Gasteiger partial charge in [0.1, 0.15) is 11.9 Å². The summed E-state index contributed by atoms with van der Waals surface area (Å²) in [6, 6.07) is 4.46. The first-order valence-corrected chi connectivity index (χ1v) is 14.1. The molecule has 0 heterocycles. The Morgan fingerprint density at radius 2 is 1.90 bits per heavy atom. The van der Waals surface area contributed by atoms with Gasteiger partial charge in [0, 0.05) is 29.2 Å². The summed E-state index contributed by atoms with van der Waals surface area (Å²) in [6.07, 6.45) is 0.735. The third kappa shape index (κ3) is 5.49. The monoisotopic (exact) mass is 576 g/mol.